The summed E-state index contributed by atoms with van der Waals surface area (Å²) in [4.78, 5) is 23.9. The monoisotopic (exact) mass is 435 g/mol. The molecule has 0 saturated carbocycles. The summed E-state index contributed by atoms with van der Waals surface area (Å²) >= 11 is 0. The summed E-state index contributed by atoms with van der Waals surface area (Å²) in [6, 6.07) is 20.1. The lowest BCUT2D eigenvalue weighted by molar-refractivity contribution is -0.139. The van der Waals surface area contributed by atoms with Gasteiger partial charge in [-0.15, -0.1) is 0 Å². The third-order valence-corrected chi connectivity index (χ3v) is 5.42. The average Bonchev–Trinajstić information content (AvgIpc) is 3.12. The molecule has 4 rings (SSSR count). The predicted octanol–water partition coefficient (Wildman–Crippen LogP) is 4.59. The molecule has 32 heavy (non-hydrogen) atoms. The van der Waals surface area contributed by atoms with Crippen LogP contribution in [0.25, 0.3) is 11.1 Å². The van der Waals surface area contributed by atoms with E-state index in [9.17, 15) is 19.1 Å². The molecule has 0 unspecified atom stereocenters. The lowest BCUT2D eigenvalue weighted by Gasteiger charge is -2.17. The van der Waals surface area contributed by atoms with Crippen molar-refractivity contribution < 1.29 is 28.6 Å². The van der Waals surface area contributed by atoms with Gasteiger partial charge in [0.25, 0.3) is 0 Å². The van der Waals surface area contributed by atoms with Gasteiger partial charge >= 0.3 is 12.1 Å². The smallest absolute Gasteiger partial charge is 0.407 e. The number of halogens is 1. The summed E-state index contributed by atoms with van der Waals surface area (Å²) in [5.74, 6) is -1.28. The number of aliphatic carboxylic acids is 1. The molecule has 6 nitrogen and oxygen atoms in total. The van der Waals surface area contributed by atoms with Crippen LogP contribution in [0.4, 0.5) is 9.18 Å². The van der Waals surface area contributed by atoms with Gasteiger partial charge in [0, 0.05) is 12.3 Å². The number of hydrogen-bond acceptors (Lipinski definition) is 4. The van der Waals surface area contributed by atoms with Gasteiger partial charge in [0.05, 0.1) is 6.61 Å². The Hall–Kier alpha value is -3.87. The minimum atomic E-state index is -1.19. The van der Waals surface area contributed by atoms with Crippen LogP contribution in [0.2, 0.25) is 0 Å². The molecule has 164 valence electrons. The number of carbonyl (C=O) groups excluding carboxylic acids is 1. The highest BCUT2D eigenvalue weighted by Crippen LogP contribution is 2.44. The fourth-order valence-electron chi connectivity index (χ4n) is 3.87. The van der Waals surface area contributed by atoms with E-state index >= 15 is 0 Å². The van der Waals surface area contributed by atoms with Crippen molar-refractivity contribution in [3.8, 4) is 16.9 Å². The fourth-order valence-corrected chi connectivity index (χ4v) is 3.87. The molecule has 0 aromatic heterocycles. The first kappa shape index (κ1) is 21.4. The van der Waals surface area contributed by atoms with Crippen LogP contribution < -0.4 is 10.1 Å². The summed E-state index contributed by atoms with van der Waals surface area (Å²) in [5.41, 5.74) is 4.37. The predicted molar refractivity (Wildman–Crippen MR) is 116 cm³/mol. The maximum absolute atomic E-state index is 12.9. The maximum Gasteiger partial charge on any atom is 0.407 e. The molecule has 1 amide bonds. The number of rotatable bonds is 8. The fraction of sp³-hybridized carbons (Fsp3) is 0.200. The molecule has 3 aromatic rings. The average molecular weight is 435 g/mol. The zero-order valence-corrected chi connectivity index (χ0v) is 17.2. The van der Waals surface area contributed by atoms with E-state index in [1.807, 2.05) is 48.5 Å². The van der Waals surface area contributed by atoms with Gasteiger partial charge in [-0.25, -0.2) is 14.0 Å². The topological polar surface area (TPSA) is 84.9 Å². The van der Waals surface area contributed by atoms with Crippen LogP contribution >= 0.6 is 0 Å². The van der Waals surface area contributed by atoms with Gasteiger partial charge in [0.1, 0.15) is 24.2 Å². The number of amides is 1. The molecule has 1 aliphatic rings. The molecule has 1 aliphatic carbocycles. The van der Waals surface area contributed by atoms with Crippen LogP contribution in [-0.4, -0.2) is 36.4 Å². The number of alkyl carbamates (subject to hydrolysis) is 1. The Kier molecular flexibility index (Phi) is 6.35. The van der Waals surface area contributed by atoms with Gasteiger partial charge in [0.2, 0.25) is 0 Å². The van der Waals surface area contributed by atoms with Gasteiger partial charge < -0.3 is 19.9 Å². The van der Waals surface area contributed by atoms with Gasteiger partial charge in [-0.3, -0.25) is 0 Å². The first-order valence-electron chi connectivity index (χ1n) is 10.3. The van der Waals surface area contributed by atoms with E-state index < -0.39 is 23.9 Å². The summed E-state index contributed by atoms with van der Waals surface area (Å²) in [6.45, 7) is 0.129. The molecule has 7 heteroatoms. The standard InChI is InChI=1S/C25H22FNO5/c26-16-9-11-17(12-10-16)31-14-13-23(24(28)29)27-25(30)32-15-22-20-7-3-1-5-18(20)19-6-2-4-8-21(19)22/h1-12,22-23H,13-15H2,(H,27,30)(H,28,29)/t23-/m1/s1. The number of benzene rings is 3. The van der Waals surface area contributed by atoms with E-state index in [1.165, 1.54) is 24.3 Å². The van der Waals surface area contributed by atoms with E-state index in [4.69, 9.17) is 9.47 Å². The Morgan fingerprint density at radius 3 is 2.12 bits per heavy atom. The number of ether oxygens (including phenoxy) is 2. The van der Waals surface area contributed by atoms with Gasteiger partial charge in [-0.05, 0) is 46.5 Å². The molecule has 2 N–H and O–H groups in total. The highest BCUT2D eigenvalue weighted by Gasteiger charge is 2.29. The second kappa shape index (κ2) is 9.51. The van der Waals surface area contributed by atoms with E-state index in [0.29, 0.717) is 5.75 Å². The Balaban J connectivity index is 1.33. The van der Waals surface area contributed by atoms with Crippen LogP contribution in [0, 0.1) is 5.82 Å². The Morgan fingerprint density at radius 1 is 0.938 bits per heavy atom. The Bertz CT molecular complexity index is 1070. The SMILES string of the molecule is O=C(N[C@H](CCOc1ccc(F)cc1)C(=O)O)OCC1c2ccccc2-c2ccccc21. The normalized spacial score (nSPS) is 13.0. The van der Waals surface area contributed by atoms with Crippen molar-refractivity contribution in [2.45, 2.75) is 18.4 Å². The van der Waals surface area contributed by atoms with Gasteiger partial charge in [-0.2, -0.15) is 0 Å². The number of carboxylic acid groups (broad SMARTS) is 1. The van der Waals surface area contributed by atoms with Crippen LogP contribution in [0.5, 0.6) is 5.75 Å². The number of fused-ring (bicyclic) bond motifs is 3. The van der Waals surface area contributed by atoms with Gasteiger partial charge in [0.15, 0.2) is 0 Å². The van der Waals surface area contributed by atoms with Gasteiger partial charge in [-0.1, -0.05) is 48.5 Å². The number of carboxylic acids is 1. The first-order valence-corrected chi connectivity index (χ1v) is 10.3. The number of nitrogens with one attached hydrogen (secondary N) is 1. The molecule has 0 aliphatic heterocycles. The highest BCUT2D eigenvalue weighted by molar-refractivity contribution is 5.81. The van der Waals surface area contributed by atoms with Crippen LogP contribution in [-0.2, 0) is 9.53 Å². The number of hydrogen-bond donors (Lipinski definition) is 2. The summed E-state index contributed by atoms with van der Waals surface area (Å²) in [5, 5.41) is 11.8. The third kappa shape index (κ3) is 4.72. The van der Waals surface area contributed by atoms with E-state index in [-0.39, 0.29) is 25.6 Å². The molecule has 0 heterocycles. The lowest BCUT2D eigenvalue weighted by Crippen LogP contribution is -2.42. The lowest BCUT2D eigenvalue weighted by atomic mass is 9.98. The summed E-state index contributed by atoms with van der Waals surface area (Å²) in [7, 11) is 0. The molecular weight excluding hydrogens is 413 g/mol. The maximum atomic E-state index is 12.9. The molecule has 0 spiro atoms. The highest BCUT2D eigenvalue weighted by atomic mass is 19.1. The van der Waals surface area contributed by atoms with Crippen molar-refractivity contribution in [3.63, 3.8) is 0 Å². The van der Waals surface area contributed by atoms with E-state index in [2.05, 4.69) is 5.32 Å². The summed E-state index contributed by atoms with van der Waals surface area (Å²) < 4.78 is 23.8. The molecular formula is C25H22FNO5. The van der Waals surface area contributed by atoms with Crippen LogP contribution in [0.1, 0.15) is 23.5 Å². The van der Waals surface area contributed by atoms with Crippen molar-refractivity contribution in [1.82, 2.24) is 5.32 Å². The number of carbonyl (C=O) groups is 2. The van der Waals surface area contributed by atoms with Crippen molar-refractivity contribution >= 4 is 12.1 Å². The molecule has 3 aromatic carbocycles. The Morgan fingerprint density at radius 2 is 1.53 bits per heavy atom. The molecule has 0 saturated heterocycles. The van der Waals surface area contributed by atoms with E-state index in [1.54, 1.807) is 0 Å². The van der Waals surface area contributed by atoms with Crippen LogP contribution in [0.3, 0.4) is 0 Å². The second-order valence-corrected chi connectivity index (χ2v) is 7.45. The molecule has 0 radical (unpaired) electrons. The quantitative estimate of drug-likeness (QED) is 0.541. The third-order valence-electron chi connectivity index (χ3n) is 5.42. The molecule has 0 bridgehead atoms. The molecule has 0 fully saturated rings. The second-order valence-electron chi connectivity index (χ2n) is 7.45. The Labute approximate surface area is 184 Å². The minimum Gasteiger partial charge on any atom is -0.493 e. The largest absolute Gasteiger partial charge is 0.493 e. The zero-order chi connectivity index (χ0) is 22.5. The van der Waals surface area contributed by atoms with Crippen molar-refractivity contribution in [2.75, 3.05) is 13.2 Å². The van der Waals surface area contributed by atoms with Crippen molar-refractivity contribution in [1.29, 1.82) is 0 Å². The first-order chi connectivity index (χ1) is 15.5. The van der Waals surface area contributed by atoms with Crippen molar-refractivity contribution in [3.05, 3.63) is 89.7 Å². The van der Waals surface area contributed by atoms with E-state index in [0.717, 1.165) is 22.3 Å². The molecule has 1 atom stereocenters. The van der Waals surface area contributed by atoms with Crippen molar-refractivity contribution in [2.24, 2.45) is 0 Å². The summed E-state index contributed by atoms with van der Waals surface area (Å²) in [6.07, 6.45) is -0.780. The zero-order valence-electron chi connectivity index (χ0n) is 17.2. The van der Waals surface area contributed by atoms with Crippen LogP contribution in [0.15, 0.2) is 72.8 Å². The minimum absolute atomic E-state index is 0.0247.